The van der Waals surface area contributed by atoms with Crippen LogP contribution >= 0.6 is 0 Å². The van der Waals surface area contributed by atoms with E-state index in [9.17, 15) is 0 Å². The number of hydrogen-bond donors (Lipinski definition) is 2. The Morgan fingerprint density at radius 2 is 1.88 bits per heavy atom. The summed E-state index contributed by atoms with van der Waals surface area (Å²) in [4.78, 5) is 0. The fourth-order valence-electron chi connectivity index (χ4n) is 0.408. The van der Waals surface area contributed by atoms with Gasteiger partial charge in [0, 0.05) is 6.54 Å². The van der Waals surface area contributed by atoms with E-state index in [1.165, 1.54) is 5.01 Å². The molecule has 0 spiro atoms. The van der Waals surface area contributed by atoms with Crippen molar-refractivity contribution in [2.45, 2.75) is 13.8 Å². The van der Waals surface area contributed by atoms with E-state index < -0.39 is 0 Å². The molecule has 2 N–H and O–H groups in total. The summed E-state index contributed by atoms with van der Waals surface area (Å²) in [5, 5.41) is 1.30. The van der Waals surface area contributed by atoms with Gasteiger partial charge in [0.05, 0.1) is 14.1 Å². The molecule has 0 saturated carbocycles. The summed E-state index contributed by atoms with van der Waals surface area (Å²) in [6.07, 6.45) is 0. The summed E-state index contributed by atoms with van der Waals surface area (Å²) in [6.45, 7) is 5.51. The van der Waals surface area contributed by atoms with Gasteiger partial charge in [0.25, 0.3) is 0 Å². The van der Waals surface area contributed by atoms with E-state index in [0.717, 1.165) is 12.5 Å². The molecule has 0 amide bonds. The van der Waals surface area contributed by atoms with Crippen LogP contribution < -0.4 is 10.4 Å². The van der Waals surface area contributed by atoms with Crippen LogP contribution in [0.15, 0.2) is 0 Å². The van der Waals surface area contributed by atoms with E-state index in [2.05, 4.69) is 33.4 Å². The molecule has 0 fully saturated rings. The largest absolute Gasteiger partial charge is 0.262 e. The summed E-state index contributed by atoms with van der Waals surface area (Å²) < 4.78 is 0. The van der Waals surface area contributed by atoms with Crippen molar-refractivity contribution in [2.24, 2.45) is 5.92 Å². The van der Waals surface area contributed by atoms with Gasteiger partial charge in [-0.15, -0.1) is 0 Å². The van der Waals surface area contributed by atoms with Crippen molar-refractivity contribution in [1.82, 2.24) is 5.43 Å². The second kappa shape index (κ2) is 3.87. The molecule has 0 atom stereocenters. The second-order valence-corrected chi connectivity index (χ2v) is 2.77. The zero-order chi connectivity index (χ0) is 6.57. The molecule has 0 aromatic rings. The molecule has 2 heteroatoms. The lowest BCUT2D eigenvalue weighted by Gasteiger charge is -2.09. The summed E-state index contributed by atoms with van der Waals surface area (Å²) in [7, 11) is 4.17. The third-order valence-electron chi connectivity index (χ3n) is 0.864. The van der Waals surface area contributed by atoms with Crippen LogP contribution in [0.25, 0.3) is 0 Å². The first-order chi connectivity index (χ1) is 3.63. The molecule has 0 rings (SSSR count). The molecule has 0 unspecified atom stereocenters. The third-order valence-corrected chi connectivity index (χ3v) is 0.864. The highest BCUT2D eigenvalue weighted by atomic mass is 15.5. The Labute approximate surface area is 51.8 Å². The standard InChI is InChI=1S/C6H16N2/c1-6(2)5-7-8(3)4/h6-7H,5H2,1-4H3/p+1. The Balaban J connectivity index is 2.93. The first kappa shape index (κ1) is 7.92. The van der Waals surface area contributed by atoms with Crippen molar-refractivity contribution in [3.63, 3.8) is 0 Å². The van der Waals surface area contributed by atoms with Gasteiger partial charge in [-0.05, 0) is 5.92 Å². The fraction of sp³-hybridized carbons (Fsp3) is 1.00. The van der Waals surface area contributed by atoms with E-state index >= 15 is 0 Å². The van der Waals surface area contributed by atoms with Gasteiger partial charge in [-0.1, -0.05) is 13.8 Å². The Bertz CT molecular complexity index is 42.5. The lowest BCUT2D eigenvalue weighted by atomic mass is 10.2. The van der Waals surface area contributed by atoms with E-state index in [0.29, 0.717) is 0 Å². The highest BCUT2D eigenvalue weighted by Gasteiger charge is 1.93. The molecule has 0 heterocycles. The van der Waals surface area contributed by atoms with Crippen molar-refractivity contribution < 1.29 is 5.01 Å². The minimum absolute atomic E-state index is 0.755. The summed E-state index contributed by atoms with van der Waals surface area (Å²) in [5.74, 6) is 0.755. The van der Waals surface area contributed by atoms with Crippen LogP contribution in [-0.4, -0.2) is 20.6 Å². The third kappa shape index (κ3) is 5.92. The minimum atomic E-state index is 0.755. The average molecular weight is 117 g/mol. The maximum absolute atomic E-state index is 3.26. The Kier molecular flexibility index (Phi) is 3.83. The summed E-state index contributed by atoms with van der Waals surface area (Å²) >= 11 is 0. The highest BCUT2D eigenvalue weighted by Crippen LogP contribution is 1.83. The SMILES string of the molecule is CC(C)CN[NH+](C)C. The first-order valence-corrected chi connectivity index (χ1v) is 3.17. The fourth-order valence-corrected chi connectivity index (χ4v) is 0.408. The lowest BCUT2D eigenvalue weighted by molar-refractivity contribution is -0.906. The van der Waals surface area contributed by atoms with Gasteiger partial charge in [0.2, 0.25) is 0 Å². The van der Waals surface area contributed by atoms with Crippen molar-refractivity contribution in [3.8, 4) is 0 Å². The van der Waals surface area contributed by atoms with Crippen molar-refractivity contribution in [3.05, 3.63) is 0 Å². The monoisotopic (exact) mass is 117 g/mol. The Hall–Kier alpha value is -0.0800. The van der Waals surface area contributed by atoms with Crippen LogP contribution in [0.3, 0.4) is 0 Å². The lowest BCUT2D eigenvalue weighted by Crippen LogP contribution is -3.13. The summed E-state index contributed by atoms with van der Waals surface area (Å²) in [5.41, 5.74) is 3.26. The number of rotatable bonds is 3. The maximum Gasteiger partial charge on any atom is 0.0839 e. The van der Waals surface area contributed by atoms with Crippen molar-refractivity contribution >= 4 is 0 Å². The van der Waals surface area contributed by atoms with E-state index in [1.807, 2.05) is 0 Å². The van der Waals surface area contributed by atoms with Gasteiger partial charge in [0.1, 0.15) is 0 Å². The predicted molar refractivity (Wildman–Crippen MR) is 35.7 cm³/mol. The topological polar surface area (TPSA) is 16.5 Å². The molecular formula is C6H17N2+. The number of hydrogen-bond acceptors (Lipinski definition) is 1. The molecule has 0 bridgehead atoms. The predicted octanol–water partition coefficient (Wildman–Crippen LogP) is -0.708. The molecule has 8 heavy (non-hydrogen) atoms. The minimum Gasteiger partial charge on any atom is -0.262 e. The first-order valence-electron chi connectivity index (χ1n) is 3.17. The van der Waals surface area contributed by atoms with Gasteiger partial charge in [-0.25, -0.2) is 0 Å². The Morgan fingerprint density at radius 1 is 1.38 bits per heavy atom. The molecule has 0 aromatic heterocycles. The summed E-state index contributed by atoms with van der Waals surface area (Å²) in [6, 6.07) is 0. The molecule has 0 aliphatic carbocycles. The number of nitrogens with one attached hydrogen (secondary N) is 2. The van der Waals surface area contributed by atoms with Crippen molar-refractivity contribution in [1.29, 1.82) is 0 Å². The zero-order valence-corrected chi connectivity index (χ0v) is 6.28. The normalized spacial score (nSPS) is 11.2. The molecule has 50 valence electrons. The van der Waals surface area contributed by atoms with Crippen LogP contribution in [0.5, 0.6) is 0 Å². The van der Waals surface area contributed by atoms with Crippen LogP contribution in [0, 0.1) is 5.92 Å². The van der Waals surface area contributed by atoms with Crippen LogP contribution in [-0.2, 0) is 0 Å². The van der Waals surface area contributed by atoms with Gasteiger partial charge in [0.15, 0.2) is 0 Å². The van der Waals surface area contributed by atoms with Crippen LogP contribution in [0.2, 0.25) is 0 Å². The average Bonchev–Trinajstić information content (AvgIpc) is 1.61. The molecule has 2 nitrogen and oxygen atoms in total. The molecule has 0 aliphatic heterocycles. The maximum atomic E-state index is 3.26. The quantitative estimate of drug-likeness (QED) is 0.467. The van der Waals surface area contributed by atoms with Crippen molar-refractivity contribution in [2.75, 3.05) is 20.6 Å². The molecule has 0 saturated heterocycles. The van der Waals surface area contributed by atoms with Gasteiger partial charge in [-0.2, -0.15) is 5.43 Å². The smallest absolute Gasteiger partial charge is 0.0839 e. The Morgan fingerprint density at radius 3 is 2.00 bits per heavy atom. The molecule has 0 aliphatic rings. The molecule has 0 aromatic carbocycles. The van der Waals surface area contributed by atoms with Crippen LogP contribution in [0.4, 0.5) is 0 Å². The van der Waals surface area contributed by atoms with Crippen LogP contribution in [0.1, 0.15) is 13.8 Å². The van der Waals surface area contributed by atoms with E-state index in [4.69, 9.17) is 0 Å². The van der Waals surface area contributed by atoms with Gasteiger partial charge >= 0.3 is 0 Å². The highest BCUT2D eigenvalue weighted by molar-refractivity contribution is 4.39. The number of quaternary nitrogens is 1. The molecular weight excluding hydrogens is 100 g/mol. The van der Waals surface area contributed by atoms with Gasteiger partial charge in [-0.3, -0.25) is 5.01 Å². The van der Waals surface area contributed by atoms with E-state index in [-0.39, 0.29) is 0 Å². The molecule has 0 radical (unpaired) electrons. The second-order valence-electron chi connectivity index (χ2n) is 2.77. The van der Waals surface area contributed by atoms with Gasteiger partial charge < -0.3 is 0 Å². The zero-order valence-electron chi connectivity index (χ0n) is 6.28. The van der Waals surface area contributed by atoms with E-state index in [1.54, 1.807) is 0 Å².